The van der Waals surface area contributed by atoms with E-state index in [0.29, 0.717) is 18.1 Å². The lowest BCUT2D eigenvalue weighted by Gasteiger charge is -2.12. The molecular weight excluding hydrogens is 337 g/mol. The Hall–Kier alpha value is -2.93. The number of aliphatic hydroxyl groups is 1. The van der Waals surface area contributed by atoms with Crippen molar-refractivity contribution in [2.75, 3.05) is 14.2 Å². The molecule has 0 saturated carbocycles. The number of benzene rings is 1. The second kappa shape index (κ2) is 7.53. The highest BCUT2D eigenvalue weighted by Crippen LogP contribution is 2.32. The van der Waals surface area contributed by atoms with E-state index >= 15 is 0 Å². The van der Waals surface area contributed by atoms with Crippen molar-refractivity contribution in [2.24, 2.45) is 0 Å². The van der Waals surface area contributed by atoms with Crippen LogP contribution in [-0.2, 0) is 13.2 Å². The van der Waals surface area contributed by atoms with E-state index in [0.717, 1.165) is 22.5 Å². The minimum Gasteiger partial charge on any atom is -0.494 e. The molecule has 26 heavy (non-hydrogen) atoms. The summed E-state index contributed by atoms with van der Waals surface area (Å²) in [4.78, 5) is 8.65. The molecular formula is C19H20FN3O3. The van der Waals surface area contributed by atoms with Crippen molar-refractivity contribution in [3.05, 3.63) is 59.6 Å². The summed E-state index contributed by atoms with van der Waals surface area (Å²) in [7, 11) is 2.97. The molecule has 0 radical (unpaired) electrons. The zero-order chi connectivity index (χ0) is 18.7. The van der Waals surface area contributed by atoms with Crippen molar-refractivity contribution in [1.29, 1.82) is 0 Å². The molecule has 136 valence electrons. The van der Waals surface area contributed by atoms with Crippen molar-refractivity contribution in [2.45, 2.75) is 20.1 Å². The van der Waals surface area contributed by atoms with Crippen molar-refractivity contribution in [3.8, 4) is 22.8 Å². The highest BCUT2D eigenvalue weighted by molar-refractivity contribution is 5.70. The summed E-state index contributed by atoms with van der Waals surface area (Å²) in [6.07, 6.45) is 3.53. The first-order valence-corrected chi connectivity index (χ1v) is 8.06. The van der Waals surface area contributed by atoms with Crippen LogP contribution in [0.1, 0.15) is 17.1 Å². The lowest BCUT2D eigenvalue weighted by Crippen LogP contribution is -2.03. The zero-order valence-electron chi connectivity index (χ0n) is 14.9. The van der Waals surface area contributed by atoms with E-state index < -0.39 is 5.82 Å². The van der Waals surface area contributed by atoms with Gasteiger partial charge in [0.05, 0.1) is 33.1 Å². The Bertz CT molecular complexity index is 924. The summed E-state index contributed by atoms with van der Waals surface area (Å²) in [5.74, 6) is 0.980. The summed E-state index contributed by atoms with van der Waals surface area (Å²) in [6.45, 7) is 2.32. The van der Waals surface area contributed by atoms with Gasteiger partial charge in [-0.2, -0.15) is 0 Å². The number of methoxy groups -OCH3 is 2. The molecule has 0 bridgehead atoms. The highest BCUT2D eigenvalue weighted by Gasteiger charge is 2.13. The lowest BCUT2D eigenvalue weighted by molar-refractivity contribution is 0.277. The van der Waals surface area contributed by atoms with Crippen molar-refractivity contribution in [3.63, 3.8) is 0 Å². The van der Waals surface area contributed by atoms with Gasteiger partial charge in [-0.25, -0.2) is 14.4 Å². The van der Waals surface area contributed by atoms with Gasteiger partial charge in [0.2, 0.25) is 5.88 Å². The number of aryl methyl sites for hydroxylation is 1. The molecule has 0 amide bonds. The molecule has 2 aromatic heterocycles. The Kier molecular flexibility index (Phi) is 5.18. The van der Waals surface area contributed by atoms with E-state index in [1.165, 1.54) is 13.2 Å². The molecule has 3 rings (SSSR count). The molecule has 0 unspecified atom stereocenters. The quantitative estimate of drug-likeness (QED) is 0.735. The minimum absolute atomic E-state index is 0.102. The average Bonchev–Trinajstić information content (AvgIpc) is 3.02. The van der Waals surface area contributed by atoms with Crippen LogP contribution < -0.4 is 9.47 Å². The van der Waals surface area contributed by atoms with Gasteiger partial charge in [-0.05, 0) is 36.2 Å². The normalized spacial score (nSPS) is 10.8. The monoisotopic (exact) mass is 357 g/mol. The highest BCUT2D eigenvalue weighted by atomic mass is 19.1. The number of imidazole rings is 1. The number of nitrogens with zero attached hydrogens (tertiary/aromatic N) is 3. The number of aliphatic hydroxyl groups excluding tert-OH is 1. The van der Waals surface area contributed by atoms with Gasteiger partial charge in [0.1, 0.15) is 5.82 Å². The largest absolute Gasteiger partial charge is 0.494 e. The third kappa shape index (κ3) is 3.52. The van der Waals surface area contributed by atoms with Crippen molar-refractivity contribution >= 4 is 0 Å². The van der Waals surface area contributed by atoms with Gasteiger partial charge in [0.25, 0.3) is 0 Å². The molecule has 6 nitrogen and oxygen atoms in total. The summed E-state index contributed by atoms with van der Waals surface area (Å²) in [5, 5.41) is 9.23. The first-order chi connectivity index (χ1) is 12.5. The smallest absolute Gasteiger partial charge is 0.221 e. The summed E-state index contributed by atoms with van der Waals surface area (Å²) in [5.41, 5.74) is 3.03. The van der Waals surface area contributed by atoms with Crippen LogP contribution in [0.25, 0.3) is 11.1 Å². The summed E-state index contributed by atoms with van der Waals surface area (Å²) >= 11 is 0. The summed E-state index contributed by atoms with van der Waals surface area (Å²) < 4.78 is 26.1. The molecule has 2 heterocycles. The molecule has 1 aromatic carbocycles. The van der Waals surface area contributed by atoms with E-state index in [2.05, 4.69) is 9.97 Å². The molecule has 0 aliphatic rings. The second-order valence-electron chi connectivity index (χ2n) is 5.82. The van der Waals surface area contributed by atoms with E-state index in [1.807, 2.05) is 17.6 Å². The van der Waals surface area contributed by atoms with E-state index in [1.54, 1.807) is 31.6 Å². The number of pyridine rings is 1. The number of halogens is 1. The van der Waals surface area contributed by atoms with Gasteiger partial charge in [-0.15, -0.1) is 0 Å². The molecule has 3 aromatic rings. The Balaban J connectivity index is 2.00. The van der Waals surface area contributed by atoms with Gasteiger partial charge in [-0.3, -0.25) is 0 Å². The van der Waals surface area contributed by atoms with Crippen LogP contribution >= 0.6 is 0 Å². The van der Waals surface area contributed by atoms with Gasteiger partial charge < -0.3 is 19.1 Å². The van der Waals surface area contributed by atoms with Crippen molar-refractivity contribution < 1.29 is 19.0 Å². The fourth-order valence-corrected chi connectivity index (χ4v) is 2.79. The topological polar surface area (TPSA) is 69.4 Å². The maximum absolute atomic E-state index is 13.7. The van der Waals surface area contributed by atoms with Crippen molar-refractivity contribution in [1.82, 2.24) is 14.5 Å². The Morgan fingerprint density at radius 1 is 1.19 bits per heavy atom. The number of hydrogen-bond acceptors (Lipinski definition) is 5. The van der Waals surface area contributed by atoms with Crippen LogP contribution in [0.3, 0.4) is 0 Å². The maximum Gasteiger partial charge on any atom is 0.221 e. The molecule has 7 heteroatoms. The van der Waals surface area contributed by atoms with Crippen LogP contribution in [0.15, 0.2) is 36.7 Å². The van der Waals surface area contributed by atoms with Gasteiger partial charge in [0.15, 0.2) is 11.6 Å². The number of aromatic nitrogens is 3. The molecule has 0 atom stereocenters. The standard InChI is InChI=1S/C19H20FN3O3/c1-12-22-15(11-24)10-23(12)9-13-6-16(19(26-3)21-8-13)14-4-5-17(20)18(7-14)25-2/h4-8,10,24H,9,11H2,1-3H3. The second-order valence-corrected chi connectivity index (χ2v) is 5.82. The minimum atomic E-state index is -0.426. The first kappa shape index (κ1) is 17.9. The summed E-state index contributed by atoms with van der Waals surface area (Å²) in [6, 6.07) is 6.57. The predicted octanol–water partition coefficient (Wildman–Crippen LogP) is 2.95. The molecule has 1 N–H and O–H groups in total. The fraction of sp³-hybridized carbons (Fsp3) is 0.263. The van der Waals surface area contributed by atoms with Crippen LogP contribution in [0, 0.1) is 12.7 Å². The number of hydrogen-bond donors (Lipinski definition) is 1. The molecule has 0 aliphatic carbocycles. The molecule has 0 aliphatic heterocycles. The van der Waals surface area contributed by atoms with Gasteiger partial charge in [-0.1, -0.05) is 6.07 Å². The van der Waals surface area contributed by atoms with E-state index in [4.69, 9.17) is 9.47 Å². The van der Waals surface area contributed by atoms with Gasteiger partial charge in [0, 0.05) is 18.0 Å². The predicted molar refractivity (Wildman–Crippen MR) is 94.7 cm³/mol. The van der Waals surface area contributed by atoms with Crippen LogP contribution in [0.2, 0.25) is 0 Å². The fourth-order valence-electron chi connectivity index (χ4n) is 2.79. The average molecular weight is 357 g/mol. The third-order valence-corrected chi connectivity index (χ3v) is 4.10. The molecule has 0 spiro atoms. The van der Waals surface area contributed by atoms with E-state index in [-0.39, 0.29) is 12.4 Å². The van der Waals surface area contributed by atoms with Crippen LogP contribution in [-0.4, -0.2) is 33.9 Å². The molecule has 0 fully saturated rings. The number of rotatable bonds is 6. The third-order valence-electron chi connectivity index (χ3n) is 4.10. The first-order valence-electron chi connectivity index (χ1n) is 8.06. The Morgan fingerprint density at radius 2 is 2.00 bits per heavy atom. The lowest BCUT2D eigenvalue weighted by atomic mass is 10.0. The van der Waals surface area contributed by atoms with Crippen LogP contribution in [0.4, 0.5) is 4.39 Å². The van der Waals surface area contributed by atoms with Gasteiger partial charge >= 0.3 is 0 Å². The number of ether oxygens (including phenoxy) is 2. The Morgan fingerprint density at radius 3 is 2.65 bits per heavy atom. The maximum atomic E-state index is 13.7. The zero-order valence-corrected chi connectivity index (χ0v) is 14.9. The van der Waals surface area contributed by atoms with E-state index in [9.17, 15) is 9.50 Å². The van der Waals surface area contributed by atoms with Crippen LogP contribution in [0.5, 0.6) is 11.6 Å². The Labute approximate surface area is 150 Å². The molecule has 0 saturated heterocycles. The SMILES string of the molecule is COc1cc(-c2cc(Cn3cc(CO)nc3C)cnc2OC)ccc1F.